The number of benzene rings is 4. The number of nitrogens with one attached hydrogen (secondary N) is 1. The van der Waals surface area contributed by atoms with Crippen molar-refractivity contribution in [2.75, 3.05) is 18.1 Å². The highest BCUT2D eigenvalue weighted by molar-refractivity contribution is 7.99. The molecule has 1 unspecified atom stereocenters. The molecule has 2 aliphatic heterocycles. The molecule has 2 amide bonds. The summed E-state index contributed by atoms with van der Waals surface area (Å²) in [5.74, 6) is 0.419. The number of rotatable bonds is 5. The number of carbonyl (C=O) groups excluding carboxylic acids is 2. The van der Waals surface area contributed by atoms with Gasteiger partial charge in [-0.15, -0.1) is 0 Å². The SMILES string of the molecule is CC(NC(=O)c1ccc2c(c1)N(Cc1ccccc1F)C(=O)c1ccccc1S2)c1ccc2c(c1)OCCO2. The van der Waals surface area contributed by atoms with Gasteiger partial charge in [0.25, 0.3) is 11.8 Å². The van der Waals surface area contributed by atoms with Crippen molar-refractivity contribution in [3.8, 4) is 11.5 Å². The molecule has 1 N–H and O–H groups in total. The molecule has 6 rings (SSSR count). The number of carbonyl (C=O) groups is 2. The zero-order chi connectivity index (χ0) is 26.9. The molecular weight excluding hydrogens is 515 g/mol. The summed E-state index contributed by atoms with van der Waals surface area (Å²) < 4.78 is 25.9. The van der Waals surface area contributed by atoms with Crippen LogP contribution in [-0.4, -0.2) is 25.0 Å². The molecule has 0 aromatic heterocycles. The van der Waals surface area contributed by atoms with E-state index in [-0.39, 0.29) is 30.2 Å². The Morgan fingerprint density at radius 3 is 2.56 bits per heavy atom. The molecule has 4 aromatic rings. The highest BCUT2D eigenvalue weighted by Crippen LogP contribution is 2.42. The van der Waals surface area contributed by atoms with Crippen molar-refractivity contribution in [2.24, 2.45) is 0 Å². The van der Waals surface area contributed by atoms with Crippen LogP contribution in [0.4, 0.5) is 10.1 Å². The molecule has 1 atom stereocenters. The molecule has 2 heterocycles. The number of amides is 2. The lowest BCUT2D eigenvalue weighted by molar-refractivity contribution is 0.0937. The molecule has 0 spiro atoms. The normalized spacial score (nSPS) is 14.6. The van der Waals surface area contributed by atoms with Gasteiger partial charge in [0, 0.05) is 20.9 Å². The zero-order valence-electron chi connectivity index (χ0n) is 21.1. The van der Waals surface area contributed by atoms with Crippen molar-refractivity contribution in [3.63, 3.8) is 0 Å². The van der Waals surface area contributed by atoms with E-state index in [4.69, 9.17) is 9.47 Å². The molecule has 2 aliphatic rings. The third-order valence-corrected chi connectivity index (χ3v) is 7.94. The minimum absolute atomic E-state index is 0.0338. The van der Waals surface area contributed by atoms with Crippen LogP contribution in [-0.2, 0) is 6.54 Å². The third kappa shape index (κ3) is 4.95. The zero-order valence-corrected chi connectivity index (χ0v) is 22.0. The fourth-order valence-corrected chi connectivity index (χ4v) is 5.77. The van der Waals surface area contributed by atoms with Crippen LogP contribution in [0.2, 0.25) is 0 Å². The van der Waals surface area contributed by atoms with Crippen LogP contribution in [0.3, 0.4) is 0 Å². The van der Waals surface area contributed by atoms with E-state index < -0.39 is 0 Å². The fourth-order valence-electron chi connectivity index (χ4n) is 4.71. The molecule has 0 radical (unpaired) electrons. The molecule has 0 fully saturated rings. The van der Waals surface area contributed by atoms with E-state index in [1.165, 1.54) is 17.8 Å². The number of anilines is 1. The van der Waals surface area contributed by atoms with Crippen molar-refractivity contribution in [1.82, 2.24) is 5.32 Å². The predicted molar refractivity (Wildman–Crippen MR) is 147 cm³/mol. The minimum Gasteiger partial charge on any atom is -0.486 e. The second-order valence-electron chi connectivity index (χ2n) is 9.36. The van der Waals surface area contributed by atoms with Gasteiger partial charge in [0.05, 0.1) is 23.8 Å². The average molecular weight is 541 g/mol. The second kappa shape index (κ2) is 10.5. The quantitative estimate of drug-likeness (QED) is 0.317. The van der Waals surface area contributed by atoms with Gasteiger partial charge in [-0.25, -0.2) is 4.39 Å². The number of halogens is 1. The van der Waals surface area contributed by atoms with Gasteiger partial charge < -0.3 is 19.7 Å². The van der Waals surface area contributed by atoms with E-state index in [1.54, 1.807) is 41.3 Å². The Morgan fingerprint density at radius 2 is 1.72 bits per heavy atom. The maximum absolute atomic E-state index is 14.6. The fraction of sp³-hybridized carbons (Fsp3) is 0.161. The van der Waals surface area contributed by atoms with Crippen LogP contribution in [0.15, 0.2) is 94.7 Å². The van der Waals surface area contributed by atoms with Crippen LogP contribution in [0.5, 0.6) is 11.5 Å². The summed E-state index contributed by atoms with van der Waals surface area (Å²) in [6.07, 6.45) is 0. The van der Waals surface area contributed by atoms with E-state index in [0.717, 1.165) is 15.4 Å². The van der Waals surface area contributed by atoms with Gasteiger partial charge in [-0.05, 0) is 61.0 Å². The van der Waals surface area contributed by atoms with Crippen LogP contribution < -0.4 is 19.7 Å². The van der Waals surface area contributed by atoms with E-state index >= 15 is 0 Å². The number of hydrogen-bond acceptors (Lipinski definition) is 5. The van der Waals surface area contributed by atoms with Crippen molar-refractivity contribution in [1.29, 1.82) is 0 Å². The Hall–Kier alpha value is -4.30. The lowest BCUT2D eigenvalue weighted by Crippen LogP contribution is -2.31. The minimum atomic E-state index is -0.390. The molecular formula is C31H25FN2O4S. The summed E-state index contributed by atoms with van der Waals surface area (Å²) in [5.41, 5.74) is 2.77. The lowest BCUT2D eigenvalue weighted by atomic mass is 10.1. The van der Waals surface area contributed by atoms with Crippen molar-refractivity contribution in [2.45, 2.75) is 29.3 Å². The van der Waals surface area contributed by atoms with E-state index in [1.807, 2.05) is 49.4 Å². The van der Waals surface area contributed by atoms with Gasteiger partial charge in [-0.1, -0.05) is 48.2 Å². The predicted octanol–water partition coefficient (Wildman–Crippen LogP) is 6.40. The second-order valence-corrected chi connectivity index (χ2v) is 10.4. The molecule has 0 saturated carbocycles. The Labute approximate surface area is 229 Å². The van der Waals surface area contributed by atoms with Gasteiger partial charge in [-0.3, -0.25) is 9.59 Å². The number of ether oxygens (including phenoxy) is 2. The highest BCUT2D eigenvalue weighted by Gasteiger charge is 2.29. The van der Waals surface area contributed by atoms with Crippen molar-refractivity contribution >= 4 is 29.3 Å². The Bertz CT molecular complexity index is 1590. The van der Waals surface area contributed by atoms with Gasteiger partial charge in [0.2, 0.25) is 0 Å². The van der Waals surface area contributed by atoms with Crippen LogP contribution in [0.25, 0.3) is 0 Å². The van der Waals surface area contributed by atoms with Gasteiger partial charge in [-0.2, -0.15) is 0 Å². The summed E-state index contributed by atoms with van der Waals surface area (Å²) in [4.78, 5) is 30.3. The largest absolute Gasteiger partial charge is 0.486 e. The Kier molecular flexibility index (Phi) is 6.70. The third-order valence-electron chi connectivity index (χ3n) is 6.79. The average Bonchev–Trinajstić information content (AvgIpc) is 3.07. The molecule has 0 aliphatic carbocycles. The van der Waals surface area contributed by atoms with E-state index in [2.05, 4.69) is 5.32 Å². The molecule has 0 saturated heterocycles. The van der Waals surface area contributed by atoms with Gasteiger partial charge in [0.1, 0.15) is 19.0 Å². The monoisotopic (exact) mass is 540 g/mol. The molecule has 6 nitrogen and oxygen atoms in total. The maximum Gasteiger partial charge on any atom is 0.259 e. The molecule has 39 heavy (non-hydrogen) atoms. The van der Waals surface area contributed by atoms with E-state index in [9.17, 15) is 14.0 Å². The molecule has 8 heteroatoms. The number of hydrogen-bond donors (Lipinski definition) is 1. The Balaban J connectivity index is 1.32. The van der Waals surface area contributed by atoms with Crippen molar-refractivity contribution in [3.05, 3.63) is 113 Å². The Morgan fingerprint density at radius 1 is 0.949 bits per heavy atom. The standard InChI is InChI=1S/C31H25FN2O4S/c1-19(20-10-12-26-27(17-20)38-15-14-37-26)33-30(35)21-11-13-29-25(16-21)34(18-22-6-2-4-8-24(22)32)31(36)23-7-3-5-9-28(23)39-29/h2-13,16-17,19H,14-15,18H2,1H3,(H,33,35). The van der Waals surface area contributed by atoms with Crippen molar-refractivity contribution < 1.29 is 23.5 Å². The first-order chi connectivity index (χ1) is 19.0. The summed E-state index contributed by atoms with van der Waals surface area (Å²) in [6, 6.07) is 24.4. The highest BCUT2D eigenvalue weighted by atomic mass is 32.2. The maximum atomic E-state index is 14.6. The summed E-state index contributed by atoms with van der Waals surface area (Å²) in [7, 11) is 0. The summed E-state index contributed by atoms with van der Waals surface area (Å²) in [6.45, 7) is 2.92. The van der Waals surface area contributed by atoms with Crippen LogP contribution in [0, 0.1) is 5.82 Å². The van der Waals surface area contributed by atoms with Crippen LogP contribution >= 0.6 is 11.8 Å². The van der Waals surface area contributed by atoms with Gasteiger partial charge in [0.15, 0.2) is 11.5 Å². The van der Waals surface area contributed by atoms with Gasteiger partial charge >= 0.3 is 0 Å². The molecule has 4 aromatic carbocycles. The van der Waals surface area contributed by atoms with Crippen LogP contribution in [0.1, 0.15) is 44.8 Å². The van der Waals surface area contributed by atoms with E-state index in [0.29, 0.717) is 47.1 Å². The number of nitrogens with zero attached hydrogens (tertiary/aromatic N) is 1. The first kappa shape index (κ1) is 25.0. The molecule has 0 bridgehead atoms. The topological polar surface area (TPSA) is 67.9 Å². The first-order valence-corrected chi connectivity index (χ1v) is 13.5. The lowest BCUT2D eigenvalue weighted by Gasteiger charge is -2.24. The summed E-state index contributed by atoms with van der Waals surface area (Å²) in [5, 5.41) is 3.04. The summed E-state index contributed by atoms with van der Waals surface area (Å²) >= 11 is 1.46. The first-order valence-electron chi connectivity index (χ1n) is 12.6. The number of fused-ring (bicyclic) bond motifs is 3. The molecule has 196 valence electrons. The smallest absolute Gasteiger partial charge is 0.259 e.